The van der Waals surface area contributed by atoms with E-state index in [1.54, 1.807) is 18.2 Å². The largest absolute Gasteiger partial charge is 0.455 e. The summed E-state index contributed by atoms with van der Waals surface area (Å²) >= 11 is 9.49. The topological polar surface area (TPSA) is 21.3 Å². The molecule has 0 radical (unpaired) electrons. The van der Waals surface area contributed by atoms with Crippen molar-refractivity contribution in [3.05, 3.63) is 57.3 Å². The van der Waals surface area contributed by atoms with E-state index in [-0.39, 0.29) is 5.82 Å². The van der Waals surface area contributed by atoms with Crippen LogP contribution in [0.25, 0.3) is 0 Å². The van der Waals surface area contributed by atoms with Crippen molar-refractivity contribution in [3.63, 3.8) is 0 Å². The van der Waals surface area contributed by atoms with Crippen LogP contribution in [0.4, 0.5) is 4.39 Å². The highest BCUT2D eigenvalue weighted by atomic mass is 79.9. The monoisotopic (exact) mass is 371 g/mol. The molecule has 2 aromatic carbocycles. The van der Waals surface area contributed by atoms with Crippen LogP contribution in [0.2, 0.25) is 5.02 Å². The third-order valence-electron chi connectivity index (χ3n) is 2.84. The summed E-state index contributed by atoms with van der Waals surface area (Å²) < 4.78 is 20.1. The Labute approximate surface area is 137 Å². The lowest BCUT2D eigenvalue weighted by molar-refractivity contribution is 0.466. The van der Waals surface area contributed by atoms with Crippen LogP contribution in [-0.2, 0) is 6.54 Å². The zero-order chi connectivity index (χ0) is 15.4. The molecule has 0 aliphatic heterocycles. The Balaban J connectivity index is 2.26. The molecule has 21 heavy (non-hydrogen) atoms. The molecule has 112 valence electrons. The average Bonchev–Trinajstić information content (AvgIpc) is 2.41. The molecule has 0 saturated carbocycles. The van der Waals surface area contributed by atoms with Crippen LogP contribution in [0.3, 0.4) is 0 Å². The predicted molar refractivity (Wildman–Crippen MR) is 87.6 cm³/mol. The van der Waals surface area contributed by atoms with Gasteiger partial charge in [-0.05, 0) is 36.4 Å². The molecule has 1 N–H and O–H groups in total. The fraction of sp³-hybridized carbons (Fsp3) is 0.250. The molecule has 0 aromatic heterocycles. The minimum absolute atomic E-state index is 0.287. The quantitative estimate of drug-likeness (QED) is 0.745. The van der Waals surface area contributed by atoms with E-state index in [2.05, 4.69) is 21.2 Å². The smallest absolute Gasteiger partial charge is 0.146 e. The number of hydrogen-bond donors (Lipinski definition) is 1. The lowest BCUT2D eigenvalue weighted by Crippen LogP contribution is -2.22. The van der Waals surface area contributed by atoms with Crippen molar-refractivity contribution in [2.75, 3.05) is 0 Å². The maximum absolute atomic E-state index is 13.4. The Bertz CT molecular complexity index is 634. The molecular formula is C16H16BrClFNO. The van der Waals surface area contributed by atoms with Crippen LogP contribution < -0.4 is 10.1 Å². The summed E-state index contributed by atoms with van der Waals surface area (Å²) in [5.41, 5.74) is 0.752. The van der Waals surface area contributed by atoms with Gasteiger partial charge in [-0.15, -0.1) is 0 Å². The second-order valence-electron chi connectivity index (χ2n) is 4.96. The molecule has 2 nitrogen and oxygen atoms in total. The van der Waals surface area contributed by atoms with E-state index in [0.29, 0.717) is 29.1 Å². The van der Waals surface area contributed by atoms with Crippen LogP contribution in [0, 0.1) is 5.82 Å². The molecule has 0 saturated heterocycles. The maximum Gasteiger partial charge on any atom is 0.146 e. The summed E-state index contributed by atoms with van der Waals surface area (Å²) in [4.78, 5) is 0. The molecule has 0 atom stereocenters. The van der Waals surface area contributed by atoms with Gasteiger partial charge in [0.25, 0.3) is 0 Å². The molecular weight excluding hydrogens is 357 g/mol. The van der Waals surface area contributed by atoms with Crippen LogP contribution >= 0.6 is 27.5 Å². The zero-order valence-electron chi connectivity index (χ0n) is 11.8. The molecule has 0 amide bonds. The van der Waals surface area contributed by atoms with E-state index in [0.717, 1.165) is 10.0 Å². The molecule has 0 heterocycles. The van der Waals surface area contributed by atoms with E-state index in [1.165, 1.54) is 12.1 Å². The highest BCUT2D eigenvalue weighted by Gasteiger charge is 2.10. The van der Waals surface area contributed by atoms with Crippen LogP contribution in [0.5, 0.6) is 11.5 Å². The van der Waals surface area contributed by atoms with Crippen molar-refractivity contribution >= 4 is 27.5 Å². The second-order valence-corrected chi connectivity index (χ2v) is 6.29. The third kappa shape index (κ3) is 4.70. The average molecular weight is 373 g/mol. The van der Waals surface area contributed by atoms with Crippen molar-refractivity contribution in [3.8, 4) is 11.5 Å². The minimum atomic E-state index is -0.287. The Hall–Kier alpha value is -1.10. The lowest BCUT2D eigenvalue weighted by Gasteiger charge is -2.14. The molecule has 2 rings (SSSR count). The van der Waals surface area contributed by atoms with Crippen LogP contribution in [0.1, 0.15) is 19.4 Å². The van der Waals surface area contributed by atoms with Crippen LogP contribution in [0.15, 0.2) is 40.9 Å². The van der Waals surface area contributed by atoms with Crippen molar-refractivity contribution < 1.29 is 9.13 Å². The van der Waals surface area contributed by atoms with E-state index < -0.39 is 0 Å². The standard InChI is InChI=1S/C16H16BrClFNO/c1-10(2)20-9-11-7-13(19)4-6-15(11)21-16-5-3-12(17)8-14(16)18/h3-8,10,20H,9H2,1-2H3. The van der Waals surface area contributed by atoms with Gasteiger partial charge in [-0.3, -0.25) is 0 Å². The molecule has 0 aliphatic carbocycles. The fourth-order valence-corrected chi connectivity index (χ4v) is 2.49. The highest BCUT2D eigenvalue weighted by Crippen LogP contribution is 2.33. The summed E-state index contributed by atoms with van der Waals surface area (Å²) in [5.74, 6) is 0.843. The van der Waals surface area contributed by atoms with Gasteiger partial charge in [-0.25, -0.2) is 4.39 Å². The first-order valence-electron chi connectivity index (χ1n) is 6.60. The first kappa shape index (κ1) is 16.3. The maximum atomic E-state index is 13.4. The summed E-state index contributed by atoms with van der Waals surface area (Å²) in [5, 5.41) is 3.75. The van der Waals surface area contributed by atoms with Gasteiger partial charge in [0, 0.05) is 22.6 Å². The summed E-state index contributed by atoms with van der Waals surface area (Å²) in [7, 11) is 0. The molecule has 0 spiro atoms. The molecule has 2 aromatic rings. The van der Waals surface area contributed by atoms with Crippen LogP contribution in [-0.4, -0.2) is 6.04 Å². The second kappa shape index (κ2) is 7.25. The summed E-state index contributed by atoms with van der Waals surface area (Å²) in [6.45, 7) is 4.59. The van der Waals surface area contributed by atoms with E-state index in [4.69, 9.17) is 16.3 Å². The minimum Gasteiger partial charge on any atom is -0.455 e. The van der Waals surface area contributed by atoms with E-state index in [9.17, 15) is 4.39 Å². The first-order valence-corrected chi connectivity index (χ1v) is 7.77. The van der Waals surface area contributed by atoms with Gasteiger partial charge in [0.15, 0.2) is 0 Å². The molecule has 5 heteroatoms. The summed E-state index contributed by atoms with van der Waals surface area (Å²) in [6, 6.07) is 10.1. The van der Waals surface area contributed by atoms with Crippen molar-refractivity contribution in [1.29, 1.82) is 0 Å². The van der Waals surface area contributed by atoms with Crippen molar-refractivity contribution in [1.82, 2.24) is 5.32 Å². The third-order valence-corrected chi connectivity index (χ3v) is 3.63. The normalized spacial score (nSPS) is 11.0. The number of rotatable bonds is 5. The van der Waals surface area contributed by atoms with E-state index in [1.807, 2.05) is 19.9 Å². The molecule has 0 aliphatic rings. The van der Waals surface area contributed by atoms with E-state index >= 15 is 0 Å². The van der Waals surface area contributed by atoms with Gasteiger partial charge in [-0.1, -0.05) is 41.4 Å². The number of halogens is 3. The van der Waals surface area contributed by atoms with Crippen molar-refractivity contribution in [2.24, 2.45) is 0 Å². The molecule has 0 unspecified atom stereocenters. The SMILES string of the molecule is CC(C)NCc1cc(F)ccc1Oc1ccc(Br)cc1Cl. The first-order chi connectivity index (χ1) is 9.95. The van der Waals surface area contributed by atoms with Gasteiger partial charge in [0.1, 0.15) is 17.3 Å². The number of benzene rings is 2. The molecule has 0 bridgehead atoms. The Morgan fingerprint density at radius 1 is 1.19 bits per heavy atom. The van der Waals surface area contributed by atoms with Gasteiger partial charge in [0.05, 0.1) is 5.02 Å². The van der Waals surface area contributed by atoms with Gasteiger partial charge < -0.3 is 10.1 Å². The Kier molecular flexibility index (Phi) is 5.62. The number of hydrogen-bond acceptors (Lipinski definition) is 2. The van der Waals surface area contributed by atoms with Gasteiger partial charge in [0.2, 0.25) is 0 Å². The Morgan fingerprint density at radius 3 is 2.57 bits per heavy atom. The lowest BCUT2D eigenvalue weighted by atomic mass is 10.2. The zero-order valence-corrected chi connectivity index (χ0v) is 14.1. The number of ether oxygens (including phenoxy) is 1. The van der Waals surface area contributed by atoms with Gasteiger partial charge >= 0.3 is 0 Å². The highest BCUT2D eigenvalue weighted by molar-refractivity contribution is 9.10. The number of nitrogens with one attached hydrogen (secondary N) is 1. The summed E-state index contributed by atoms with van der Waals surface area (Å²) in [6.07, 6.45) is 0. The predicted octanol–water partition coefficient (Wildman–Crippen LogP) is 5.53. The fourth-order valence-electron chi connectivity index (χ4n) is 1.78. The van der Waals surface area contributed by atoms with Gasteiger partial charge in [-0.2, -0.15) is 0 Å². The van der Waals surface area contributed by atoms with Crippen molar-refractivity contribution in [2.45, 2.75) is 26.4 Å². The molecule has 0 fully saturated rings. The Morgan fingerprint density at radius 2 is 1.90 bits per heavy atom.